The zero-order chi connectivity index (χ0) is 17.5. The molecule has 5 heteroatoms. The zero-order valence-electron chi connectivity index (χ0n) is 14.2. The minimum absolute atomic E-state index is 0.0475. The number of benzene rings is 2. The Balaban J connectivity index is 1.53. The van der Waals surface area contributed by atoms with Crippen molar-refractivity contribution in [2.24, 2.45) is 0 Å². The Morgan fingerprint density at radius 2 is 1.76 bits per heavy atom. The summed E-state index contributed by atoms with van der Waals surface area (Å²) in [5.74, 6) is 1.45. The molecule has 0 saturated heterocycles. The van der Waals surface area contributed by atoms with Gasteiger partial charge in [0, 0.05) is 12.5 Å². The molecule has 0 bridgehead atoms. The van der Waals surface area contributed by atoms with Crippen LogP contribution in [0, 0.1) is 6.92 Å². The summed E-state index contributed by atoms with van der Waals surface area (Å²) in [6, 6.07) is 21.2. The second kappa shape index (κ2) is 8.15. The number of para-hydroxylation sites is 2. The maximum atomic E-state index is 12.2. The molecule has 25 heavy (non-hydrogen) atoms. The van der Waals surface area contributed by atoms with Gasteiger partial charge in [-0.05, 0) is 37.6 Å². The van der Waals surface area contributed by atoms with E-state index in [0.717, 1.165) is 17.1 Å². The molecular formula is C20H21N3O2. The molecule has 0 saturated carbocycles. The Labute approximate surface area is 147 Å². The number of aromatic nitrogens is 2. The van der Waals surface area contributed by atoms with Crippen LogP contribution >= 0.6 is 0 Å². The van der Waals surface area contributed by atoms with Crippen LogP contribution in [0.4, 0.5) is 5.82 Å². The van der Waals surface area contributed by atoms with E-state index in [2.05, 4.69) is 10.4 Å². The van der Waals surface area contributed by atoms with Crippen LogP contribution in [-0.4, -0.2) is 22.3 Å². The van der Waals surface area contributed by atoms with Crippen LogP contribution in [0.2, 0.25) is 0 Å². The Morgan fingerprint density at radius 1 is 1.08 bits per heavy atom. The molecule has 0 aliphatic carbocycles. The number of hydrogen-bond acceptors (Lipinski definition) is 3. The van der Waals surface area contributed by atoms with Crippen molar-refractivity contribution in [1.29, 1.82) is 0 Å². The molecule has 128 valence electrons. The number of rotatable bonds is 7. The summed E-state index contributed by atoms with van der Waals surface area (Å²) in [7, 11) is 0. The van der Waals surface area contributed by atoms with Crippen LogP contribution in [0.1, 0.15) is 18.5 Å². The van der Waals surface area contributed by atoms with Gasteiger partial charge in [-0.15, -0.1) is 0 Å². The van der Waals surface area contributed by atoms with Gasteiger partial charge in [-0.2, -0.15) is 5.10 Å². The first kappa shape index (κ1) is 16.8. The maximum Gasteiger partial charge on any atom is 0.225 e. The highest BCUT2D eigenvalue weighted by Crippen LogP contribution is 2.17. The summed E-state index contributed by atoms with van der Waals surface area (Å²) in [4.78, 5) is 12.2. The van der Waals surface area contributed by atoms with E-state index in [9.17, 15) is 4.79 Å². The minimum atomic E-state index is -0.0475. The third-order valence-corrected chi connectivity index (χ3v) is 3.66. The van der Waals surface area contributed by atoms with Crippen molar-refractivity contribution in [3.63, 3.8) is 0 Å². The number of anilines is 1. The lowest BCUT2D eigenvalue weighted by atomic mass is 10.3. The van der Waals surface area contributed by atoms with Crippen LogP contribution < -0.4 is 10.1 Å². The molecule has 1 amide bonds. The molecule has 1 aromatic heterocycles. The molecule has 1 N–H and O–H groups in total. The SMILES string of the molecule is Cc1cc(NC(=O)CCCOc2ccccc2)n(-c2ccccc2)n1. The van der Waals surface area contributed by atoms with Crippen molar-refractivity contribution in [3.05, 3.63) is 72.4 Å². The summed E-state index contributed by atoms with van der Waals surface area (Å²) < 4.78 is 7.35. The molecule has 0 spiro atoms. The average Bonchev–Trinajstić information content (AvgIpc) is 3.00. The fraction of sp³-hybridized carbons (Fsp3) is 0.200. The first-order valence-electron chi connectivity index (χ1n) is 8.32. The number of amides is 1. The molecule has 3 rings (SSSR count). The van der Waals surface area contributed by atoms with Crippen LogP contribution in [-0.2, 0) is 4.79 Å². The van der Waals surface area contributed by atoms with Crippen LogP contribution in [0.25, 0.3) is 5.69 Å². The summed E-state index contributed by atoms with van der Waals surface area (Å²) in [5.41, 5.74) is 1.77. The molecule has 0 radical (unpaired) electrons. The molecule has 0 aliphatic heterocycles. The lowest BCUT2D eigenvalue weighted by Crippen LogP contribution is -2.15. The van der Waals surface area contributed by atoms with E-state index in [4.69, 9.17) is 4.74 Å². The molecule has 1 heterocycles. The van der Waals surface area contributed by atoms with E-state index in [1.807, 2.05) is 73.7 Å². The average molecular weight is 335 g/mol. The Morgan fingerprint density at radius 3 is 2.48 bits per heavy atom. The van der Waals surface area contributed by atoms with Crippen molar-refractivity contribution >= 4 is 11.7 Å². The quantitative estimate of drug-likeness (QED) is 0.665. The highest BCUT2D eigenvalue weighted by molar-refractivity contribution is 5.90. The monoisotopic (exact) mass is 335 g/mol. The van der Waals surface area contributed by atoms with Gasteiger partial charge in [0.1, 0.15) is 11.6 Å². The Hall–Kier alpha value is -3.08. The molecule has 0 atom stereocenters. The van der Waals surface area contributed by atoms with Crippen molar-refractivity contribution in [3.8, 4) is 11.4 Å². The minimum Gasteiger partial charge on any atom is -0.494 e. The smallest absolute Gasteiger partial charge is 0.225 e. The van der Waals surface area contributed by atoms with Gasteiger partial charge in [0.25, 0.3) is 0 Å². The van der Waals surface area contributed by atoms with Crippen LogP contribution in [0.3, 0.4) is 0 Å². The molecule has 0 unspecified atom stereocenters. The van der Waals surface area contributed by atoms with E-state index in [1.54, 1.807) is 4.68 Å². The molecule has 3 aromatic rings. The number of nitrogens with zero attached hydrogens (tertiary/aromatic N) is 2. The van der Waals surface area contributed by atoms with Crippen molar-refractivity contribution < 1.29 is 9.53 Å². The predicted molar refractivity (Wildman–Crippen MR) is 98.1 cm³/mol. The summed E-state index contributed by atoms with van der Waals surface area (Å²) >= 11 is 0. The number of hydrogen-bond donors (Lipinski definition) is 1. The van der Waals surface area contributed by atoms with Gasteiger partial charge in [0.2, 0.25) is 5.91 Å². The number of ether oxygens (including phenoxy) is 1. The van der Waals surface area contributed by atoms with Crippen LogP contribution in [0.15, 0.2) is 66.7 Å². The molecule has 5 nitrogen and oxygen atoms in total. The van der Waals surface area contributed by atoms with Gasteiger partial charge in [0.15, 0.2) is 0 Å². The molecular weight excluding hydrogens is 314 g/mol. The van der Waals surface area contributed by atoms with Gasteiger partial charge in [0.05, 0.1) is 18.0 Å². The van der Waals surface area contributed by atoms with E-state index in [-0.39, 0.29) is 5.91 Å². The largest absolute Gasteiger partial charge is 0.494 e. The third kappa shape index (κ3) is 4.70. The molecule has 0 fully saturated rings. The van der Waals surface area contributed by atoms with Crippen molar-refractivity contribution in [1.82, 2.24) is 9.78 Å². The van der Waals surface area contributed by atoms with Gasteiger partial charge >= 0.3 is 0 Å². The molecule has 0 aliphatic rings. The number of carbonyl (C=O) groups is 1. The highest BCUT2D eigenvalue weighted by Gasteiger charge is 2.10. The number of aryl methyl sites for hydroxylation is 1. The first-order valence-corrected chi connectivity index (χ1v) is 8.32. The topological polar surface area (TPSA) is 56.1 Å². The van der Waals surface area contributed by atoms with Crippen molar-refractivity contribution in [2.45, 2.75) is 19.8 Å². The van der Waals surface area contributed by atoms with Gasteiger partial charge < -0.3 is 10.1 Å². The van der Waals surface area contributed by atoms with E-state index in [0.29, 0.717) is 25.3 Å². The second-order valence-corrected chi connectivity index (χ2v) is 5.73. The Bertz CT molecular complexity index is 813. The highest BCUT2D eigenvalue weighted by atomic mass is 16.5. The standard InChI is InChI=1S/C20H21N3O2/c1-16-15-19(23(22-16)17-9-4-2-5-10-17)21-20(24)13-8-14-25-18-11-6-3-7-12-18/h2-7,9-12,15H,8,13-14H2,1H3,(H,21,24). The maximum absolute atomic E-state index is 12.2. The summed E-state index contributed by atoms with van der Waals surface area (Å²) in [6.45, 7) is 2.41. The summed E-state index contributed by atoms with van der Waals surface area (Å²) in [5, 5.41) is 7.38. The normalized spacial score (nSPS) is 10.4. The number of carbonyl (C=O) groups excluding carboxylic acids is 1. The van der Waals surface area contributed by atoms with Crippen LogP contribution in [0.5, 0.6) is 5.75 Å². The van der Waals surface area contributed by atoms with Gasteiger partial charge in [-0.1, -0.05) is 36.4 Å². The lowest BCUT2D eigenvalue weighted by molar-refractivity contribution is -0.116. The third-order valence-electron chi connectivity index (χ3n) is 3.66. The molecule has 2 aromatic carbocycles. The fourth-order valence-corrected chi connectivity index (χ4v) is 2.50. The lowest BCUT2D eigenvalue weighted by Gasteiger charge is -2.09. The second-order valence-electron chi connectivity index (χ2n) is 5.73. The first-order chi connectivity index (χ1) is 12.2. The van der Waals surface area contributed by atoms with E-state index < -0.39 is 0 Å². The predicted octanol–water partition coefficient (Wildman–Crippen LogP) is 3.98. The Kier molecular flexibility index (Phi) is 5.46. The van der Waals surface area contributed by atoms with Crippen molar-refractivity contribution in [2.75, 3.05) is 11.9 Å². The van der Waals surface area contributed by atoms with Gasteiger partial charge in [-0.3, -0.25) is 4.79 Å². The fourth-order valence-electron chi connectivity index (χ4n) is 2.50. The summed E-state index contributed by atoms with van der Waals surface area (Å²) in [6.07, 6.45) is 1.05. The van der Waals surface area contributed by atoms with E-state index in [1.165, 1.54) is 0 Å². The van der Waals surface area contributed by atoms with E-state index >= 15 is 0 Å². The zero-order valence-corrected chi connectivity index (χ0v) is 14.2. The number of nitrogens with one attached hydrogen (secondary N) is 1. The van der Waals surface area contributed by atoms with Gasteiger partial charge in [-0.25, -0.2) is 4.68 Å².